The molecule has 0 amide bonds. The molecule has 5 rings (SSSR count). The van der Waals surface area contributed by atoms with Crippen LogP contribution in [0.1, 0.15) is 94.0 Å². The molecule has 3 unspecified atom stereocenters. The average molecular weight is 519 g/mol. The summed E-state index contributed by atoms with van der Waals surface area (Å²) in [7, 11) is 0. The van der Waals surface area contributed by atoms with E-state index in [1.165, 1.54) is 82.2 Å². The molecule has 0 saturated heterocycles. The summed E-state index contributed by atoms with van der Waals surface area (Å²) in [5, 5.41) is 0. The zero-order valence-electron chi connectivity index (χ0n) is 25.5. The summed E-state index contributed by atoms with van der Waals surface area (Å²) in [6.07, 6.45) is 17.1. The Kier molecular flexibility index (Phi) is 7.96. The molecule has 0 aromatic heterocycles. The molecular weight excluding hydrogens is 468 g/mol. The third-order valence-corrected chi connectivity index (χ3v) is 9.85. The lowest BCUT2D eigenvalue weighted by atomic mass is 9.71. The van der Waals surface area contributed by atoms with Crippen LogP contribution in [0.2, 0.25) is 0 Å². The normalized spacial score (nSPS) is 25.1. The summed E-state index contributed by atoms with van der Waals surface area (Å²) in [5.74, 6) is 2.42. The van der Waals surface area contributed by atoms with Crippen molar-refractivity contribution in [2.75, 3.05) is 0 Å². The molecule has 3 aliphatic rings. The Morgan fingerprint density at radius 1 is 0.949 bits per heavy atom. The Morgan fingerprint density at radius 3 is 2.46 bits per heavy atom. The van der Waals surface area contributed by atoms with Crippen LogP contribution in [0, 0.1) is 42.9 Å². The van der Waals surface area contributed by atoms with Crippen LogP contribution >= 0.6 is 0 Å². The Morgan fingerprint density at radius 2 is 1.72 bits per heavy atom. The summed E-state index contributed by atoms with van der Waals surface area (Å²) in [5.41, 5.74) is 14.7. The highest BCUT2D eigenvalue weighted by Crippen LogP contribution is 2.44. The van der Waals surface area contributed by atoms with Gasteiger partial charge in [0, 0.05) is 5.92 Å². The second kappa shape index (κ2) is 11.1. The maximum Gasteiger partial charge on any atom is 0.00827 e. The van der Waals surface area contributed by atoms with Gasteiger partial charge in [0.15, 0.2) is 0 Å². The first-order valence-electron chi connectivity index (χ1n) is 15.5. The van der Waals surface area contributed by atoms with Gasteiger partial charge in [0.1, 0.15) is 0 Å². The van der Waals surface area contributed by atoms with Crippen molar-refractivity contribution in [3.8, 4) is 11.1 Å². The molecule has 4 atom stereocenters. The van der Waals surface area contributed by atoms with Crippen LogP contribution < -0.4 is 0 Å². The van der Waals surface area contributed by atoms with E-state index in [1.54, 1.807) is 5.56 Å². The molecule has 0 spiro atoms. The zero-order chi connectivity index (χ0) is 27.9. The lowest BCUT2D eigenvalue weighted by molar-refractivity contribution is 0.254. The van der Waals surface area contributed by atoms with E-state index in [1.807, 2.05) is 0 Å². The molecule has 0 heterocycles. The van der Waals surface area contributed by atoms with Crippen molar-refractivity contribution in [1.82, 2.24) is 0 Å². The van der Waals surface area contributed by atoms with Gasteiger partial charge in [-0.05, 0) is 108 Å². The molecule has 39 heavy (non-hydrogen) atoms. The standard InChI is InChI=1S/C39H50/c1-25-18-28(4)36(23-31-13-10-9-12-26(31)2)38(19-25)34-15-11-14-32-20-30(22-37(32)34)21-35-27(3)16-17-33(29(35)5)24-39(6,7)8/h11,14-20,26,31,33,35H,3,5,9-10,12-13,21-24H2,1-2,4,6-8H3/t26?,31-,33?,35?/m0/s1. The fraction of sp³-hybridized carbons (Fsp3) is 0.487. The predicted octanol–water partition coefficient (Wildman–Crippen LogP) is 11.0. The van der Waals surface area contributed by atoms with Crippen molar-refractivity contribution >= 4 is 6.08 Å². The van der Waals surface area contributed by atoms with E-state index in [9.17, 15) is 0 Å². The van der Waals surface area contributed by atoms with E-state index >= 15 is 0 Å². The molecule has 1 saturated carbocycles. The van der Waals surface area contributed by atoms with Crippen LogP contribution in [-0.4, -0.2) is 0 Å². The SMILES string of the molecule is C=C1C=CC(CC(C)(C)C)C(=C)C1CC1=Cc2cccc(-c3cc(C)cc(C)c3C[C@@H]3CCCCC3C)c2C1. The van der Waals surface area contributed by atoms with Crippen molar-refractivity contribution in [3.63, 3.8) is 0 Å². The van der Waals surface area contributed by atoms with Gasteiger partial charge in [0.2, 0.25) is 0 Å². The monoisotopic (exact) mass is 518 g/mol. The van der Waals surface area contributed by atoms with E-state index < -0.39 is 0 Å². The second-order valence-electron chi connectivity index (χ2n) is 14.3. The smallest absolute Gasteiger partial charge is 0.00827 e. The minimum atomic E-state index is 0.290. The van der Waals surface area contributed by atoms with Gasteiger partial charge in [-0.15, -0.1) is 0 Å². The van der Waals surface area contributed by atoms with Crippen LogP contribution in [0.4, 0.5) is 0 Å². The summed E-state index contributed by atoms with van der Waals surface area (Å²) < 4.78 is 0. The largest absolute Gasteiger partial charge is 0.0986 e. The number of allylic oxidation sites excluding steroid dienone is 5. The highest BCUT2D eigenvalue weighted by atomic mass is 14.3. The molecule has 2 aromatic rings. The quantitative estimate of drug-likeness (QED) is 0.334. The fourth-order valence-corrected chi connectivity index (χ4v) is 7.65. The molecule has 206 valence electrons. The van der Waals surface area contributed by atoms with Crippen LogP contribution in [0.3, 0.4) is 0 Å². The number of fused-ring (bicyclic) bond motifs is 1. The molecule has 0 bridgehead atoms. The van der Waals surface area contributed by atoms with Gasteiger partial charge in [-0.1, -0.05) is 125 Å². The fourth-order valence-electron chi connectivity index (χ4n) is 7.65. The first kappa shape index (κ1) is 27.9. The topological polar surface area (TPSA) is 0 Å². The molecular formula is C39H50. The first-order valence-corrected chi connectivity index (χ1v) is 15.5. The van der Waals surface area contributed by atoms with E-state index in [0.717, 1.165) is 31.1 Å². The lowest BCUT2D eigenvalue weighted by Crippen LogP contribution is -2.21. The van der Waals surface area contributed by atoms with Crippen molar-refractivity contribution in [3.05, 3.63) is 100 Å². The van der Waals surface area contributed by atoms with Crippen molar-refractivity contribution in [1.29, 1.82) is 0 Å². The van der Waals surface area contributed by atoms with Crippen LogP contribution in [0.5, 0.6) is 0 Å². The summed E-state index contributed by atoms with van der Waals surface area (Å²) >= 11 is 0. The Balaban J connectivity index is 1.41. The van der Waals surface area contributed by atoms with Gasteiger partial charge in [-0.2, -0.15) is 0 Å². The lowest BCUT2D eigenvalue weighted by Gasteiger charge is -2.33. The second-order valence-corrected chi connectivity index (χ2v) is 14.3. The molecule has 0 nitrogen and oxygen atoms in total. The Hall–Kier alpha value is -2.60. The van der Waals surface area contributed by atoms with Gasteiger partial charge in [0.05, 0.1) is 0 Å². The summed E-state index contributed by atoms with van der Waals surface area (Å²) in [6, 6.07) is 11.9. The van der Waals surface area contributed by atoms with E-state index in [0.29, 0.717) is 11.8 Å². The Bertz CT molecular complexity index is 1320. The summed E-state index contributed by atoms with van der Waals surface area (Å²) in [6.45, 7) is 23.2. The Labute approximate surface area is 239 Å². The predicted molar refractivity (Wildman–Crippen MR) is 171 cm³/mol. The third kappa shape index (κ3) is 6.11. The molecule has 1 fully saturated rings. The van der Waals surface area contributed by atoms with E-state index in [-0.39, 0.29) is 5.41 Å². The molecule has 0 heteroatoms. The van der Waals surface area contributed by atoms with Gasteiger partial charge >= 0.3 is 0 Å². The molecule has 3 aliphatic carbocycles. The molecule has 0 aliphatic heterocycles. The average Bonchev–Trinajstić information content (AvgIpc) is 3.28. The maximum atomic E-state index is 4.62. The number of aryl methyl sites for hydroxylation is 2. The van der Waals surface area contributed by atoms with E-state index in [2.05, 4.69) is 103 Å². The molecule has 0 radical (unpaired) electrons. The van der Waals surface area contributed by atoms with Crippen molar-refractivity contribution in [2.24, 2.45) is 29.1 Å². The van der Waals surface area contributed by atoms with Crippen molar-refractivity contribution < 1.29 is 0 Å². The molecule has 2 aromatic carbocycles. The first-order chi connectivity index (χ1) is 18.5. The maximum absolute atomic E-state index is 4.62. The van der Waals surface area contributed by atoms with Crippen LogP contribution in [-0.2, 0) is 12.8 Å². The van der Waals surface area contributed by atoms with Crippen molar-refractivity contribution in [2.45, 2.75) is 92.9 Å². The number of hydrogen-bond acceptors (Lipinski definition) is 0. The minimum absolute atomic E-state index is 0.290. The summed E-state index contributed by atoms with van der Waals surface area (Å²) in [4.78, 5) is 0. The highest BCUT2D eigenvalue weighted by molar-refractivity contribution is 5.80. The zero-order valence-corrected chi connectivity index (χ0v) is 25.5. The highest BCUT2D eigenvalue weighted by Gasteiger charge is 2.30. The number of hydrogen-bond donors (Lipinski definition) is 0. The van der Waals surface area contributed by atoms with Gasteiger partial charge < -0.3 is 0 Å². The van der Waals surface area contributed by atoms with Crippen LogP contribution in [0.25, 0.3) is 17.2 Å². The number of benzene rings is 2. The number of rotatable bonds is 6. The van der Waals surface area contributed by atoms with E-state index in [4.69, 9.17) is 0 Å². The minimum Gasteiger partial charge on any atom is -0.0986 e. The third-order valence-electron chi connectivity index (χ3n) is 9.85. The van der Waals surface area contributed by atoms with Gasteiger partial charge in [-0.25, -0.2) is 0 Å². The van der Waals surface area contributed by atoms with Crippen LogP contribution in [0.15, 0.2) is 72.4 Å². The van der Waals surface area contributed by atoms with Gasteiger partial charge in [-0.3, -0.25) is 0 Å². The molecule has 0 N–H and O–H groups in total. The van der Waals surface area contributed by atoms with Gasteiger partial charge in [0.25, 0.3) is 0 Å².